The van der Waals surface area contributed by atoms with Crippen LogP contribution in [0.5, 0.6) is 5.75 Å². The molecule has 0 bridgehead atoms. The van der Waals surface area contributed by atoms with Crippen molar-refractivity contribution in [1.82, 2.24) is 4.98 Å². The van der Waals surface area contributed by atoms with Crippen molar-refractivity contribution in [1.29, 1.82) is 0 Å². The molecular weight excluding hydrogens is 194 g/mol. The first kappa shape index (κ1) is 9.39. The monoisotopic (exact) mass is 205 g/mol. The van der Waals surface area contributed by atoms with Crippen LogP contribution < -0.4 is 16.2 Å². The van der Waals surface area contributed by atoms with Gasteiger partial charge < -0.3 is 20.6 Å². The van der Waals surface area contributed by atoms with E-state index in [2.05, 4.69) is 4.98 Å². The lowest BCUT2D eigenvalue weighted by atomic mass is 10.2. The number of ether oxygens (including phenoxy) is 1. The van der Waals surface area contributed by atoms with Gasteiger partial charge in [0.2, 0.25) is 0 Å². The number of aromatic nitrogens is 1. The zero-order chi connectivity index (χ0) is 10.7. The lowest BCUT2D eigenvalue weighted by Gasteiger charge is -2.07. The van der Waals surface area contributed by atoms with Gasteiger partial charge in [-0.3, -0.25) is 0 Å². The van der Waals surface area contributed by atoms with E-state index in [-0.39, 0.29) is 0 Å². The minimum Gasteiger partial charge on any atom is -0.485 e. The summed E-state index contributed by atoms with van der Waals surface area (Å²) in [5, 5.41) is 0. The number of anilines is 2. The Balaban J connectivity index is 2.05. The Kier molecular flexibility index (Phi) is 2.45. The van der Waals surface area contributed by atoms with Gasteiger partial charge in [-0.15, -0.1) is 0 Å². The molecule has 5 nitrogen and oxygen atoms in total. The van der Waals surface area contributed by atoms with E-state index in [0.717, 1.165) is 0 Å². The van der Waals surface area contributed by atoms with Crippen LogP contribution in [0.15, 0.2) is 35.3 Å². The average molecular weight is 205 g/mol. The lowest BCUT2D eigenvalue weighted by Crippen LogP contribution is -1.99. The van der Waals surface area contributed by atoms with Gasteiger partial charge in [0.1, 0.15) is 24.3 Å². The van der Waals surface area contributed by atoms with E-state index in [1.807, 2.05) is 0 Å². The normalized spacial score (nSPS) is 10.1. The molecule has 1 aromatic carbocycles. The van der Waals surface area contributed by atoms with Crippen molar-refractivity contribution in [2.24, 2.45) is 0 Å². The SMILES string of the molecule is Nc1ccc(OCc2cocn2)c(N)c1. The minimum atomic E-state index is 0.324. The van der Waals surface area contributed by atoms with Gasteiger partial charge >= 0.3 is 0 Å². The van der Waals surface area contributed by atoms with E-state index in [1.54, 1.807) is 18.2 Å². The van der Waals surface area contributed by atoms with E-state index >= 15 is 0 Å². The molecule has 0 saturated heterocycles. The van der Waals surface area contributed by atoms with Gasteiger partial charge in [-0.1, -0.05) is 0 Å². The maximum absolute atomic E-state index is 5.71. The quantitative estimate of drug-likeness (QED) is 0.740. The second-order valence-corrected chi connectivity index (χ2v) is 3.07. The van der Waals surface area contributed by atoms with Crippen molar-refractivity contribution in [3.05, 3.63) is 36.5 Å². The molecule has 1 aromatic heterocycles. The lowest BCUT2D eigenvalue weighted by molar-refractivity contribution is 0.302. The fraction of sp³-hybridized carbons (Fsp3) is 0.100. The summed E-state index contributed by atoms with van der Waals surface area (Å²) in [7, 11) is 0. The van der Waals surface area contributed by atoms with Crippen molar-refractivity contribution < 1.29 is 9.15 Å². The number of rotatable bonds is 3. The van der Waals surface area contributed by atoms with Gasteiger partial charge in [-0.05, 0) is 18.2 Å². The highest BCUT2D eigenvalue weighted by Crippen LogP contribution is 2.24. The molecule has 1 heterocycles. The van der Waals surface area contributed by atoms with E-state index in [4.69, 9.17) is 20.6 Å². The number of hydrogen-bond acceptors (Lipinski definition) is 5. The van der Waals surface area contributed by atoms with Crippen LogP contribution in [0.3, 0.4) is 0 Å². The summed E-state index contributed by atoms with van der Waals surface area (Å²) in [6, 6.07) is 5.11. The van der Waals surface area contributed by atoms with Crippen LogP contribution >= 0.6 is 0 Å². The maximum atomic E-state index is 5.71. The molecule has 4 N–H and O–H groups in total. The van der Waals surface area contributed by atoms with E-state index in [0.29, 0.717) is 29.4 Å². The van der Waals surface area contributed by atoms with Gasteiger partial charge in [0, 0.05) is 5.69 Å². The summed E-state index contributed by atoms with van der Waals surface area (Å²) in [4.78, 5) is 3.92. The number of nitrogens with two attached hydrogens (primary N) is 2. The molecule has 0 aliphatic rings. The number of benzene rings is 1. The Labute approximate surface area is 86.7 Å². The first-order valence-electron chi connectivity index (χ1n) is 4.40. The molecule has 2 rings (SSSR count). The minimum absolute atomic E-state index is 0.324. The molecule has 0 fully saturated rings. The second kappa shape index (κ2) is 3.91. The summed E-state index contributed by atoms with van der Waals surface area (Å²) in [6.45, 7) is 0.324. The second-order valence-electron chi connectivity index (χ2n) is 3.07. The largest absolute Gasteiger partial charge is 0.485 e. The van der Waals surface area contributed by atoms with E-state index in [1.165, 1.54) is 12.7 Å². The maximum Gasteiger partial charge on any atom is 0.180 e. The van der Waals surface area contributed by atoms with E-state index < -0.39 is 0 Å². The number of hydrogen-bond donors (Lipinski definition) is 2. The molecule has 0 spiro atoms. The topological polar surface area (TPSA) is 87.3 Å². The highest BCUT2D eigenvalue weighted by molar-refractivity contribution is 5.60. The molecule has 5 heteroatoms. The molecule has 0 aliphatic heterocycles. The molecule has 78 valence electrons. The summed E-state index contributed by atoms with van der Waals surface area (Å²) in [6.07, 6.45) is 2.87. The van der Waals surface area contributed by atoms with Crippen LogP contribution in [0.25, 0.3) is 0 Å². The fourth-order valence-corrected chi connectivity index (χ4v) is 1.16. The zero-order valence-electron chi connectivity index (χ0n) is 8.01. The van der Waals surface area contributed by atoms with Crippen molar-refractivity contribution in [2.75, 3.05) is 11.5 Å². The highest BCUT2D eigenvalue weighted by Gasteiger charge is 2.02. The van der Waals surface area contributed by atoms with Crippen molar-refractivity contribution in [3.8, 4) is 5.75 Å². The summed E-state index contributed by atoms with van der Waals surface area (Å²) in [5.41, 5.74) is 13.1. The van der Waals surface area contributed by atoms with Crippen LogP contribution in [-0.2, 0) is 6.61 Å². The zero-order valence-corrected chi connectivity index (χ0v) is 8.01. The number of oxazole rings is 1. The highest BCUT2D eigenvalue weighted by atomic mass is 16.5. The predicted octanol–water partition coefficient (Wildman–Crippen LogP) is 1.42. The van der Waals surface area contributed by atoms with Crippen LogP contribution in [0.2, 0.25) is 0 Å². The Bertz CT molecular complexity index is 440. The first-order valence-corrected chi connectivity index (χ1v) is 4.40. The molecule has 0 amide bonds. The molecule has 2 aromatic rings. The Morgan fingerprint density at radius 3 is 2.87 bits per heavy atom. The number of nitrogens with zero attached hydrogens (tertiary/aromatic N) is 1. The van der Waals surface area contributed by atoms with Crippen LogP contribution in [-0.4, -0.2) is 4.98 Å². The standard InChI is InChI=1S/C10H11N3O2/c11-7-1-2-10(9(12)3-7)15-5-8-4-14-6-13-8/h1-4,6H,5,11-12H2. The summed E-state index contributed by atoms with van der Waals surface area (Å²) in [5.74, 6) is 0.590. The van der Waals surface area contributed by atoms with Gasteiger partial charge in [0.05, 0.1) is 5.69 Å². The Morgan fingerprint density at radius 2 is 2.20 bits per heavy atom. The van der Waals surface area contributed by atoms with Crippen molar-refractivity contribution >= 4 is 11.4 Å². The molecular formula is C10H11N3O2. The Hall–Kier alpha value is -2.17. The number of nitrogen functional groups attached to an aromatic ring is 2. The van der Waals surface area contributed by atoms with Crippen LogP contribution in [0.4, 0.5) is 11.4 Å². The summed E-state index contributed by atoms with van der Waals surface area (Å²) < 4.78 is 10.2. The molecule has 0 aliphatic carbocycles. The third-order valence-electron chi connectivity index (χ3n) is 1.89. The van der Waals surface area contributed by atoms with Crippen molar-refractivity contribution in [3.63, 3.8) is 0 Å². The summed E-state index contributed by atoms with van der Waals surface area (Å²) >= 11 is 0. The van der Waals surface area contributed by atoms with E-state index in [9.17, 15) is 0 Å². The third-order valence-corrected chi connectivity index (χ3v) is 1.89. The fourth-order valence-electron chi connectivity index (χ4n) is 1.16. The molecule has 0 radical (unpaired) electrons. The molecule has 0 unspecified atom stereocenters. The predicted molar refractivity (Wildman–Crippen MR) is 56.1 cm³/mol. The average Bonchev–Trinajstić information content (AvgIpc) is 2.69. The third kappa shape index (κ3) is 2.19. The smallest absolute Gasteiger partial charge is 0.180 e. The first-order chi connectivity index (χ1) is 7.25. The van der Waals surface area contributed by atoms with Gasteiger partial charge in [0.15, 0.2) is 6.39 Å². The van der Waals surface area contributed by atoms with Gasteiger partial charge in [-0.25, -0.2) is 4.98 Å². The molecule has 15 heavy (non-hydrogen) atoms. The van der Waals surface area contributed by atoms with Crippen molar-refractivity contribution in [2.45, 2.75) is 6.61 Å². The van der Waals surface area contributed by atoms with Gasteiger partial charge in [0.25, 0.3) is 0 Å². The molecule has 0 saturated carbocycles. The van der Waals surface area contributed by atoms with Crippen LogP contribution in [0.1, 0.15) is 5.69 Å². The molecule has 0 atom stereocenters. The van der Waals surface area contributed by atoms with Crippen LogP contribution in [0, 0.1) is 0 Å². The Morgan fingerprint density at radius 1 is 1.33 bits per heavy atom. The van der Waals surface area contributed by atoms with Gasteiger partial charge in [-0.2, -0.15) is 0 Å².